The molecule has 0 spiro atoms. The summed E-state index contributed by atoms with van der Waals surface area (Å²) < 4.78 is 0. The molecule has 0 aromatic rings. The van der Waals surface area contributed by atoms with Crippen LogP contribution in [0.5, 0.6) is 0 Å². The second-order valence-corrected chi connectivity index (χ2v) is 3.77. The summed E-state index contributed by atoms with van der Waals surface area (Å²) in [6, 6.07) is 1.11. The van der Waals surface area contributed by atoms with Gasteiger partial charge in [0.1, 0.15) is 0 Å². The maximum Gasteiger partial charge on any atom is 0.156 e. The van der Waals surface area contributed by atoms with E-state index in [1.54, 1.807) is 0 Å². The molecule has 0 aliphatic carbocycles. The van der Waals surface area contributed by atoms with Crippen LogP contribution in [-0.4, -0.2) is 14.6 Å². The highest BCUT2D eigenvalue weighted by molar-refractivity contribution is 6.25. The van der Waals surface area contributed by atoms with Gasteiger partial charge in [-0.2, -0.15) is 0 Å². The molecule has 0 saturated carbocycles. The van der Waals surface area contributed by atoms with Gasteiger partial charge in [-0.25, -0.2) is 0 Å². The highest BCUT2D eigenvalue weighted by atomic mass is 28.2. The van der Waals surface area contributed by atoms with E-state index < -0.39 is 9.76 Å². The van der Waals surface area contributed by atoms with Crippen LogP contribution in [0.2, 0.25) is 6.04 Å². The SMILES string of the molecule is CC(C)CCC[SiH2]O. The van der Waals surface area contributed by atoms with E-state index in [9.17, 15) is 0 Å². The molecule has 0 aromatic heterocycles. The van der Waals surface area contributed by atoms with Crippen LogP contribution < -0.4 is 0 Å². The zero-order valence-corrected chi connectivity index (χ0v) is 7.27. The summed E-state index contributed by atoms with van der Waals surface area (Å²) in [7, 11) is -0.629. The molecule has 0 atom stereocenters. The minimum atomic E-state index is -0.629. The molecule has 2 heteroatoms. The van der Waals surface area contributed by atoms with Gasteiger partial charge >= 0.3 is 0 Å². The van der Waals surface area contributed by atoms with Gasteiger partial charge in [0.05, 0.1) is 0 Å². The van der Waals surface area contributed by atoms with Gasteiger partial charge in [-0.3, -0.25) is 0 Å². The average molecular weight is 132 g/mol. The standard InChI is InChI=1S/C6H16OSi/c1-6(2)4-3-5-8-7/h6-7H,3-5,8H2,1-2H3. The third kappa shape index (κ3) is 6.18. The Kier molecular flexibility index (Phi) is 5.43. The molecule has 1 nitrogen and oxygen atoms in total. The van der Waals surface area contributed by atoms with E-state index in [0.29, 0.717) is 0 Å². The van der Waals surface area contributed by atoms with E-state index >= 15 is 0 Å². The van der Waals surface area contributed by atoms with Crippen LogP contribution in [0.3, 0.4) is 0 Å². The van der Waals surface area contributed by atoms with E-state index in [4.69, 9.17) is 4.80 Å². The van der Waals surface area contributed by atoms with Crippen LogP contribution in [-0.2, 0) is 0 Å². The molecule has 0 radical (unpaired) electrons. The molecule has 0 saturated heterocycles. The Morgan fingerprint density at radius 1 is 1.50 bits per heavy atom. The quantitative estimate of drug-likeness (QED) is 0.445. The first kappa shape index (κ1) is 8.18. The molecule has 0 unspecified atom stereocenters. The van der Waals surface area contributed by atoms with Gasteiger partial charge in [0, 0.05) is 0 Å². The van der Waals surface area contributed by atoms with Crippen LogP contribution in [0.4, 0.5) is 0 Å². The maximum absolute atomic E-state index is 8.52. The molecule has 0 aliphatic heterocycles. The molecule has 0 aromatic carbocycles. The third-order valence-electron chi connectivity index (χ3n) is 1.19. The lowest BCUT2D eigenvalue weighted by molar-refractivity contribution is 0.553. The van der Waals surface area contributed by atoms with E-state index in [-0.39, 0.29) is 0 Å². The summed E-state index contributed by atoms with van der Waals surface area (Å²) in [5.74, 6) is 0.815. The van der Waals surface area contributed by atoms with Crippen molar-refractivity contribution < 1.29 is 4.80 Å². The fourth-order valence-electron chi connectivity index (χ4n) is 0.664. The summed E-state index contributed by atoms with van der Waals surface area (Å²) in [5, 5.41) is 0. The Bertz CT molecular complexity index is 45.8. The lowest BCUT2D eigenvalue weighted by Gasteiger charge is -2.00. The van der Waals surface area contributed by atoms with Crippen molar-refractivity contribution in [3.05, 3.63) is 0 Å². The maximum atomic E-state index is 8.52. The Morgan fingerprint density at radius 3 is 2.50 bits per heavy atom. The first-order valence-electron chi connectivity index (χ1n) is 3.38. The Balaban J connectivity index is 2.72. The van der Waals surface area contributed by atoms with Crippen LogP contribution in [0.25, 0.3) is 0 Å². The van der Waals surface area contributed by atoms with Crippen molar-refractivity contribution in [3.63, 3.8) is 0 Å². The fraction of sp³-hybridized carbons (Fsp3) is 1.00. The Hall–Kier alpha value is 0.177. The van der Waals surface area contributed by atoms with Gasteiger partial charge in [0.2, 0.25) is 0 Å². The molecule has 8 heavy (non-hydrogen) atoms. The van der Waals surface area contributed by atoms with Gasteiger partial charge in [-0.1, -0.05) is 26.7 Å². The van der Waals surface area contributed by atoms with Gasteiger partial charge in [0.15, 0.2) is 9.76 Å². The van der Waals surface area contributed by atoms with Crippen molar-refractivity contribution in [2.24, 2.45) is 5.92 Å². The molecule has 0 heterocycles. The molecule has 50 valence electrons. The van der Waals surface area contributed by atoms with Crippen molar-refractivity contribution in [3.8, 4) is 0 Å². The van der Waals surface area contributed by atoms with Gasteiger partial charge in [0.25, 0.3) is 0 Å². The van der Waals surface area contributed by atoms with Crippen LogP contribution in [0.15, 0.2) is 0 Å². The molecule has 0 aliphatic rings. The average Bonchev–Trinajstić information content (AvgIpc) is 1.66. The molecular weight excluding hydrogens is 116 g/mol. The highest BCUT2D eigenvalue weighted by Crippen LogP contribution is 2.04. The Morgan fingerprint density at radius 2 is 2.12 bits per heavy atom. The van der Waals surface area contributed by atoms with Crippen molar-refractivity contribution >= 4 is 9.76 Å². The second-order valence-electron chi connectivity index (χ2n) is 2.61. The van der Waals surface area contributed by atoms with Crippen molar-refractivity contribution in [2.75, 3.05) is 0 Å². The third-order valence-corrected chi connectivity index (χ3v) is 2.01. The minimum absolute atomic E-state index is 0.629. The monoisotopic (exact) mass is 132 g/mol. The summed E-state index contributed by atoms with van der Waals surface area (Å²) >= 11 is 0. The normalized spacial score (nSPS) is 12.0. The van der Waals surface area contributed by atoms with Gasteiger partial charge in [-0.05, 0) is 12.0 Å². The van der Waals surface area contributed by atoms with Crippen molar-refractivity contribution in [2.45, 2.75) is 32.7 Å². The smallest absolute Gasteiger partial charge is 0.156 e. The summed E-state index contributed by atoms with van der Waals surface area (Å²) in [4.78, 5) is 8.52. The van der Waals surface area contributed by atoms with Crippen molar-refractivity contribution in [1.82, 2.24) is 0 Å². The summed E-state index contributed by atoms with van der Waals surface area (Å²) in [6.45, 7) is 4.44. The first-order chi connectivity index (χ1) is 3.77. The lowest BCUT2D eigenvalue weighted by Crippen LogP contribution is -1.90. The molecule has 0 rings (SSSR count). The zero-order chi connectivity index (χ0) is 6.41. The predicted molar refractivity (Wildman–Crippen MR) is 39.6 cm³/mol. The van der Waals surface area contributed by atoms with E-state index in [1.807, 2.05) is 0 Å². The van der Waals surface area contributed by atoms with Crippen LogP contribution in [0, 0.1) is 5.92 Å². The van der Waals surface area contributed by atoms with Crippen LogP contribution >= 0.6 is 0 Å². The number of hydrogen-bond acceptors (Lipinski definition) is 1. The molecule has 0 bridgehead atoms. The van der Waals surface area contributed by atoms with Gasteiger partial charge in [-0.15, -0.1) is 0 Å². The summed E-state index contributed by atoms with van der Waals surface area (Å²) in [5.41, 5.74) is 0. The number of hydrogen-bond donors (Lipinski definition) is 1. The molecule has 0 fully saturated rings. The Labute approximate surface area is 54.1 Å². The van der Waals surface area contributed by atoms with E-state index in [0.717, 1.165) is 12.0 Å². The first-order valence-corrected chi connectivity index (χ1v) is 5.01. The summed E-state index contributed by atoms with van der Waals surface area (Å²) in [6.07, 6.45) is 2.52. The predicted octanol–water partition coefficient (Wildman–Crippen LogP) is 0.917. The second kappa shape index (κ2) is 5.32. The van der Waals surface area contributed by atoms with Crippen LogP contribution in [0.1, 0.15) is 26.7 Å². The topological polar surface area (TPSA) is 20.2 Å². The zero-order valence-electron chi connectivity index (χ0n) is 5.85. The largest absolute Gasteiger partial charge is 0.438 e. The van der Waals surface area contributed by atoms with E-state index in [1.165, 1.54) is 12.8 Å². The lowest BCUT2D eigenvalue weighted by atomic mass is 10.1. The minimum Gasteiger partial charge on any atom is -0.438 e. The van der Waals surface area contributed by atoms with E-state index in [2.05, 4.69) is 13.8 Å². The molecule has 0 amide bonds. The fourth-order valence-corrected chi connectivity index (χ4v) is 1.18. The number of rotatable bonds is 4. The van der Waals surface area contributed by atoms with Crippen molar-refractivity contribution in [1.29, 1.82) is 0 Å². The molecular formula is C6H16OSi. The molecule has 1 N–H and O–H groups in total. The highest BCUT2D eigenvalue weighted by Gasteiger charge is 1.91. The van der Waals surface area contributed by atoms with Gasteiger partial charge < -0.3 is 4.80 Å².